The van der Waals surface area contributed by atoms with Gasteiger partial charge in [0.15, 0.2) is 0 Å². The molecule has 0 fully saturated rings. The lowest BCUT2D eigenvalue weighted by Crippen LogP contribution is -2.04. The normalized spacial score (nSPS) is 10.1. The topological polar surface area (TPSA) is 56.0 Å². The van der Waals surface area contributed by atoms with Crippen molar-refractivity contribution < 1.29 is 4.79 Å². The highest BCUT2D eigenvalue weighted by Crippen LogP contribution is 2.21. The van der Waals surface area contributed by atoms with Gasteiger partial charge in [0, 0.05) is 21.9 Å². The maximum atomic E-state index is 12.0. The second kappa shape index (κ2) is 4.45. The number of nitrogens with zero attached hydrogens (tertiary/aromatic N) is 1. The van der Waals surface area contributed by atoms with Gasteiger partial charge in [-0.15, -0.1) is 0 Å². The summed E-state index contributed by atoms with van der Waals surface area (Å²) in [6, 6.07) is 10.3. The lowest BCUT2D eigenvalue weighted by Gasteiger charge is -2.02. The lowest BCUT2D eigenvalue weighted by atomic mass is 10.1. The number of nitrogen functional groups attached to an aromatic ring is 1. The van der Waals surface area contributed by atoms with Crippen LogP contribution < -0.4 is 5.73 Å². The number of pyridine rings is 1. The molecule has 0 bridgehead atoms. The van der Waals surface area contributed by atoms with Crippen molar-refractivity contribution in [3.05, 3.63) is 58.3 Å². The van der Waals surface area contributed by atoms with Crippen LogP contribution in [0.4, 0.5) is 5.69 Å². The Morgan fingerprint density at radius 3 is 2.69 bits per heavy atom. The van der Waals surface area contributed by atoms with Crippen molar-refractivity contribution in [3.63, 3.8) is 0 Å². The minimum atomic E-state index is -0.125. The van der Waals surface area contributed by atoms with Crippen LogP contribution in [0.25, 0.3) is 0 Å². The van der Waals surface area contributed by atoms with Crippen LogP contribution in [0.1, 0.15) is 16.1 Å². The van der Waals surface area contributed by atoms with Crippen LogP contribution in [-0.4, -0.2) is 10.8 Å². The Kier molecular flexibility index (Phi) is 3.01. The highest BCUT2D eigenvalue weighted by molar-refractivity contribution is 9.10. The molecule has 0 aliphatic carbocycles. The van der Waals surface area contributed by atoms with E-state index in [1.807, 2.05) is 0 Å². The van der Waals surface area contributed by atoms with E-state index in [0.29, 0.717) is 16.9 Å². The highest BCUT2D eigenvalue weighted by Gasteiger charge is 2.10. The molecule has 80 valence electrons. The third kappa shape index (κ3) is 2.12. The summed E-state index contributed by atoms with van der Waals surface area (Å²) in [6.07, 6.45) is 1.59. The molecule has 4 heteroatoms. The first-order valence-corrected chi connectivity index (χ1v) is 5.48. The minimum absolute atomic E-state index is 0.125. The van der Waals surface area contributed by atoms with Crippen molar-refractivity contribution in [2.24, 2.45) is 0 Å². The number of halogens is 1. The van der Waals surface area contributed by atoms with Gasteiger partial charge in [0.1, 0.15) is 5.69 Å². The van der Waals surface area contributed by atoms with Crippen molar-refractivity contribution in [1.82, 2.24) is 4.98 Å². The van der Waals surface area contributed by atoms with Gasteiger partial charge in [-0.2, -0.15) is 0 Å². The molecule has 0 atom stereocenters. The van der Waals surface area contributed by atoms with Crippen molar-refractivity contribution in [2.45, 2.75) is 0 Å². The van der Waals surface area contributed by atoms with Crippen molar-refractivity contribution >= 4 is 27.4 Å². The van der Waals surface area contributed by atoms with E-state index in [2.05, 4.69) is 20.9 Å². The molecule has 1 heterocycles. The Labute approximate surface area is 101 Å². The molecule has 0 amide bonds. The van der Waals surface area contributed by atoms with Gasteiger partial charge in [-0.1, -0.05) is 6.07 Å². The molecule has 1 aromatic heterocycles. The number of aromatic nitrogens is 1. The molecule has 2 rings (SSSR count). The second-order valence-electron chi connectivity index (χ2n) is 3.28. The van der Waals surface area contributed by atoms with E-state index in [1.165, 1.54) is 0 Å². The van der Waals surface area contributed by atoms with E-state index in [4.69, 9.17) is 5.73 Å². The van der Waals surface area contributed by atoms with E-state index in [9.17, 15) is 4.79 Å². The fraction of sp³-hybridized carbons (Fsp3) is 0. The van der Waals surface area contributed by atoms with Gasteiger partial charge in [-0.05, 0) is 46.3 Å². The van der Waals surface area contributed by atoms with E-state index in [-0.39, 0.29) is 5.78 Å². The molecule has 2 aromatic rings. The molecule has 0 aliphatic rings. The van der Waals surface area contributed by atoms with Gasteiger partial charge >= 0.3 is 0 Å². The molecular weight excluding hydrogens is 268 g/mol. The Balaban J connectivity index is 2.39. The summed E-state index contributed by atoms with van der Waals surface area (Å²) in [5.41, 5.74) is 7.22. The number of carbonyl (C=O) groups excluding carboxylic acids is 1. The number of rotatable bonds is 2. The molecule has 0 unspecified atom stereocenters. The third-order valence-corrected chi connectivity index (χ3v) is 2.88. The first-order valence-electron chi connectivity index (χ1n) is 4.69. The Hall–Kier alpha value is -1.68. The molecule has 1 aromatic carbocycles. The zero-order valence-electron chi connectivity index (χ0n) is 8.35. The third-order valence-electron chi connectivity index (χ3n) is 2.16. The summed E-state index contributed by atoms with van der Waals surface area (Å²) in [5.74, 6) is -0.125. The standard InChI is InChI=1S/C12H9BrN2O/c13-9-5-4-8(7-10(9)14)12(16)11-3-1-2-6-15-11/h1-7H,14H2. The van der Waals surface area contributed by atoms with Gasteiger partial charge in [-0.25, -0.2) is 0 Å². The summed E-state index contributed by atoms with van der Waals surface area (Å²) in [4.78, 5) is 16.0. The van der Waals surface area contributed by atoms with Gasteiger partial charge < -0.3 is 5.73 Å². The first kappa shape index (κ1) is 10.8. The number of carbonyl (C=O) groups is 1. The Morgan fingerprint density at radius 2 is 2.06 bits per heavy atom. The zero-order valence-corrected chi connectivity index (χ0v) is 9.94. The largest absolute Gasteiger partial charge is 0.398 e. The summed E-state index contributed by atoms with van der Waals surface area (Å²) < 4.78 is 0.782. The average molecular weight is 277 g/mol. The molecule has 0 saturated heterocycles. The number of hydrogen-bond donors (Lipinski definition) is 1. The number of hydrogen-bond acceptors (Lipinski definition) is 3. The fourth-order valence-electron chi connectivity index (χ4n) is 1.33. The Bertz CT molecular complexity index is 526. The van der Waals surface area contributed by atoms with Crippen molar-refractivity contribution in [2.75, 3.05) is 5.73 Å². The van der Waals surface area contributed by atoms with Crippen molar-refractivity contribution in [3.8, 4) is 0 Å². The van der Waals surface area contributed by atoms with Crippen LogP contribution in [0.2, 0.25) is 0 Å². The van der Waals surface area contributed by atoms with E-state index in [1.54, 1.807) is 42.6 Å². The first-order chi connectivity index (χ1) is 7.68. The fourth-order valence-corrected chi connectivity index (χ4v) is 1.58. The molecule has 16 heavy (non-hydrogen) atoms. The van der Waals surface area contributed by atoms with Gasteiger partial charge in [0.05, 0.1) is 0 Å². The maximum Gasteiger partial charge on any atom is 0.211 e. The average Bonchev–Trinajstić information content (AvgIpc) is 2.33. The zero-order chi connectivity index (χ0) is 11.5. The minimum Gasteiger partial charge on any atom is -0.398 e. The molecular formula is C12H9BrN2O. The second-order valence-corrected chi connectivity index (χ2v) is 4.13. The Morgan fingerprint density at radius 1 is 1.25 bits per heavy atom. The summed E-state index contributed by atoms with van der Waals surface area (Å²) in [6.45, 7) is 0. The number of anilines is 1. The number of benzene rings is 1. The monoisotopic (exact) mass is 276 g/mol. The summed E-state index contributed by atoms with van der Waals surface area (Å²) >= 11 is 3.28. The molecule has 2 N–H and O–H groups in total. The van der Waals surface area contributed by atoms with Crippen LogP contribution in [0, 0.1) is 0 Å². The highest BCUT2D eigenvalue weighted by atomic mass is 79.9. The molecule has 0 saturated carbocycles. The quantitative estimate of drug-likeness (QED) is 0.678. The van der Waals surface area contributed by atoms with Gasteiger partial charge in [0.25, 0.3) is 0 Å². The number of nitrogens with two attached hydrogens (primary N) is 1. The molecule has 3 nitrogen and oxygen atoms in total. The SMILES string of the molecule is Nc1cc(C(=O)c2ccccn2)ccc1Br. The smallest absolute Gasteiger partial charge is 0.211 e. The van der Waals surface area contributed by atoms with E-state index < -0.39 is 0 Å². The predicted molar refractivity (Wildman–Crippen MR) is 66.2 cm³/mol. The van der Waals surface area contributed by atoms with Crippen LogP contribution in [0.5, 0.6) is 0 Å². The van der Waals surface area contributed by atoms with Crippen LogP contribution in [0.15, 0.2) is 47.1 Å². The molecule has 0 aliphatic heterocycles. The van der Waals surface area contributed by atoms with E-state index >= 15 is 0 Å². The summed E-state index contributed by atoms with van der Waals surface area (Å²) in [5, 5.41) is 0. The predicted octanol–water partition coefficient (Wildman–Crippen LogP) is 2.66. The number of ketones is 1. The molecule has 0 spiro atoms. The van der Waals surface area contributed by atoms with Crippen LogP contribution in [0.3, 0.4) is 0 Å². The van der Waals surface area contributed by atoms with Crippen molar-refractivity contribution in [1.29, 1.82) is 0 Å². The van der Waals surface area contributed by atoms with Crippen LogP contribution >= 0.6 is 15.9 Å². The van der Waals surface area contributed by atoms with Gasteiger partial charge in [-0.3, -0.25) is 9.78 Å². The van der Waals surface area contributed by atoms with Crippen LogP contribution in [-0.2, 0) is 0 Å². The summed E-state index contributed by atoms with van der Waals surface area (Å²) in [7, 11) is 0. The maximum absolute atomic E-state index is 12.0. The lowest BCUT2D eigenvalue weighted by molar-refractivity contribution is 0.103. The molecule has 0 radical (unpaired) electrons. The van der Waals surface area contributed by atoms with E-state index in [0.717, 1.165) is 4.47 Å². The van der Waals surface area contributed by atoms with Gasteiger partial charge in [0.2, 0.25) is 5.78 Å².